The third-order valence-corrected chi connectivity index (χ3v) is 9.54. The van der Waals surface area contributed by atoms with E-state index in [-0.39, 0.29) is 6.61 Å². The monoisotopic (exact) mass is 664 g/mol. The van der Waals surface area contributed by atoms with Crippen LogP contribution in [0.5, 0.6) is 0 Å². The smallest absolute Gasteiger partial charge is 0.249 e. The van der Waals surface area contributed by atoms with Gasteiger partial charge in [0, 0.05) is 0 Å². The molecule has 0 aliphatic carbocycles. The number of aliphatic hydroxyl groups excluding tert-OH is 3. The summed E-state index contributed by atoms with van der Waals surface area (Å²) < 4.78 is 0. The molecule has 47 heavy (non-hydrogen) atoms. The van der Waals surface area contributed by atoms with Crippen LogP contribution in [0.15, 0.2) is 24.3 Å². The fourth-order valence-electron chi connectivity index (χ4n) is 6.26. The second kappa shape index (κ2) is 37.6. The average molecular weight is 664 g/mol. The summed E-state index contributed by atoms with van der Waals surface area (Å²) in [5.74, 6) is -0.511. The first-order chi connectivity index (χ1) is 23.1. The van der Waals surface area contributed by atoms with Gasteiger partial charge in [0.25, 0.3) is 0 Å². The van der Waals surface area contributed by atoms with Crippen LogP contribution < -0.4 is 5.32 Å². The van der Waals surface area contributed by atoms with Crippen LogP contribution in [0.1, 0.15) is 213 Å². The third kappa shape index (κ3) is 33.1. The van der Waals surface area contributed by atoms with E-state index in [1.54, 1.807) is 6.08 Å². The summed E-state index contributed by atoms with van der Waals surface area (Å²) in [4.78, 5) is 12.4. The van der Waals surface area contributed by atoms with Crippen molar-refractivity contribution in [3.8, 4) is 0 Å². The van der Waals surface area contributed by atoms with E-state index in [0.717, 1.165) is 38.5 Å². The van der Waals surface area contributed by atoms with Crippen LogP contribution in [-0.2, 0) is 4.79 Å². The van der Waals surface area contributed by atoms with Gasteiger partial charge in [0.2, 0.25) is 5.91 Å². The summed E-state index contributed by atoms with van der Waals surface area (Å²) in [5, 5.41) is 33.0. The van der Waals surface area contributed by atoms with Crippen molar-refractivity contribution in [2.45, 2.75) is 231 Å². The molecule has 0 aromatic heterocycles. The number of carbonyl (C=O) groups is 1. The minimum Gasteiger partial charge on any atom is -0.394 e. The highest BCUT2D eigenvalue weighted by atomic mass is 16.3. The molecule has 5 heteroatoms. The van der Waals surface area contributed by atoms with E-state index in [1.165, 1.54) is 154 Å². The molecular formula is C42H81NO4. The zero-order chi connectivity index (χ0) is 34.5. The van der Waals surface area contributed by atoms with Gasteiger partial charge in [-0.1, -0.05) is 205 Å². The van der Waals surface area contributed by atoms with Gasteiger partial charge in [-0.15, -0.1) is 0 Å². The summed E-state index contributed by atoms with van der Waals surface area (Å²) in [6.45, 7) is 4.16. The minimum atomic E-state index is -1.10. The number of aliphatic hydroxyl groups is 3. The van der Waals surface area contributed by atoms with Crippen LogP contribution in [0, 0.1) is 0 Å². The normalized spacial score (nSPS) is 13.9. The Morgan fingerprint density at radius 1 is 0.511 bits per heavy atom. The molecule has 0 aliphatic rings. The zero-order valence-electron chi connectivity index (χ0n) is 31.4. The van der Waals surface area contributed by atoms with Crippen molar-refractivity contribution >= 4 is 5.91 Å². The van der Waals surface area contributed by atoms with Gasteiger partial charge in [-0.05, 0) is 32.1 Å². The molecule has 0 aliphatic heterocycles. The van der Waals surface area contributed by atoms with Crippen LogP contribution in [-0.4, -0.2) is 46.1 Å². The minimum absolute atomic E-state index is 0.373. The van der Waals surface area contributed by atoms with Gasteiger partial charge in [0.05, 0.1) is 18.8 Å². The molecule has 0 rings (SSSR count). The van der Waals surface area contributed by atoms with Crippen molar-refractivity contribution in [1.29, 1.82) is 0 Å². The highest BCUT2D eigenvalue weighted by Gasteiger charge is 2.22. The van der Waals surface area contributed by atoms with Crippen molar-refractivity contribution in [3.63, 3.8) is 0 Å². The number of hydrogen-bond acceptors (Lipinski definition) is 4. The quantitative estimate of drug-likeness (QED) is 0.0393. The molecule has 0 saturated carbocycles. The van der Waals surface area contributed by atoms with Crippen LogP contribution in [0.3, 0.4) is 0 Å². The fourth-order valence-corrected chi connectivity index (χ4v) is 6.26. The first-order valence-electron chi connectivity index (χ1n) is 20.7. The van der Waals surface area contributed by atoms with Crippen LogP contribution in [0.25, 0.3) is 0 Å². The molecule has 0 bridgehead atoms. The van der Waals surface area contributed by atoms with E-state index < -0.39 is 24.2 Å². The SMILES string of the molecule is CCCCCCCCC/C=C/CC/C=C/C(O)C(CO)NC(=O)C(O)CCCCCCCCCCCCCCCCCCCCCC. The van der Waals surface area contributed by atoms with Crippen molar-refractivity contribution in [2.75, 3.05) is 6.61 Å². The number of rotatable bonds is 37. The molecule has 0 radical (unpaired) electrons. The molecule has 5 nitrogen and oxygen atoms in total. The Morgan fingerprint density at radius 3 is 1.30 bits per heavy atom. The number of hydrogen-bond donors (Lipinski definition) is 4. The molecule has 4 N–H and O–H groups in total. The second-order valence-electron chi connectivity index (χ2n) is 14.2. The van der Waals surface area contributed by atoms with Crippen LogP contribution in [0.4, 0.5) is 0 Å². The summed E-state index contributed by atoms with van der Waals surface area (Å²) in [7, 11) is 0. The van der Waals surface area contributed by atoms with E-state index in [1.807, 2.05) is 6.08 Å². The van der Waals surface area contributed by atoms with Gasteiger partial charge in [-0.25, -0.2) is 0 Å². The second-order valence-corrected chi connectivity index (χ2v) is 14.2. The van der Waals surface area contributed by atoms with E-state index in [2.05, 4.69) is 31.3 Å². The molecule has 0 aromatic rings. The van der Waals surface area contributed by atoms with Crippen molar-refractivity contribution in [1.82, 2.24) is 5.32 Å². The molecule has 0 aromatic carbocycles. The fraction of sp³-hybridized carbons (Fsp3) is 0.881. The van der Waals surface area contributed by atoms with Gasteiger partial charge in [-0.3, -0.25) is 4.79 Å². The van der Waals surface area contributed by atoms with Crippen LogP contribution in [0.2, 0.25) is 0 Å². The number of nitrogens with one attached hydrogen (secondary N) is 1. The van der Waals surface area contributed by atoms with Gasteiger partial charge < -0.3 is 20.6 Å². The van der Waals surface area contributed by atoms with Crippen molar-refractivity contribution in [3.05, 3.63) is 24.3 Å². The van der Waals surface area contributed by atoms with Gasteiger partial charge in [-0.2, -0.15) is 0 Å². The number of unbranched alkanes of at least 4 members (excludes halogenated alkanes) is 27. The molecular weight excluding hydrogens is 582 g/mol. The molecule has 0 fully saturated rings. The Labute approximate surface area is 292 Å². The predicted molar refractivity (Wildman–Crippen MR) is 204 cm³/mol. The predicted octanol–water partition coefficient (Wildman–Crippen LogP) is 11.4. The van der Waals surface area contributed by atoms with Crippen molar-refractivity contribution < 1.29 is 20.1 Å². The summed E-state index contributed by atoms with van der Waals surface area (Å²) >= 11 is 0. The maximum atomic E-state index is 12.4. The van der Waals surface area contributed by atoms with Gasteiger partial charge >= 0.3 is 0 Å². The zero-order valence-corrected chi connectivity index (χ0v) is 31.4. The lowest BCUT2D eigenvalue weighted by Gasteiger charge is -2.21. The Morgan fingerprint density at radius 2 is 0.872 bits per heavy atom. The van der Waals surface area contributed by atoms with Crippen molar-refractivity contribution in [2.24, 2.45) is 0 Å². The largest absolute Gasteiger partial charge is 0.394 e. The molecule has 3 unspecified atom stereocenters. The standard InChI is InChI=1S/C42H81NO4/c1-3-5-7-9-11-13-15-17-18-19-20-21-22-23-25-27-29-31-33-35-37-41(46)42(47)43-39(38-44)40(45)36-34-32-30-28-26-24-16-14-12-10-8-6-4-2/h26,28,34,36,39-41,44-46H,3-25,27,29-33,35,37-38H2,1-2H3,(H,43,47)/b28-26+,36-34+. The Kier molecular flexibility index (Phi) is 36.7. The van der Waals surface area contributed by atoms with Crippen LogP contribution >= 0.6 is 0 Å². The average Bonchev–Trinajstić information content (AvgIpc) is 3.07. The number of amides is 1. The highest BCUT2D eigenvalue weighted by Crippen LogP contribution is 2.16. The van der Waals surface area contributed by atoms with E-state index >= 15 is 0 Å². The molecule has 0 heterocycles. The number of allylic oxidation sites excluding steroid dienone is 3. The topological polar surface area (TPSA) is 89.8 Å². The van der Waals surface area contributed by atoms with E-state index in [4.69, 9.17) is 0 Å². The lowest BCUT2D eigenvalue weighted by molar-refractivity contribution is -0.131. The Balaban J connectivity index is 3.68. The molecule has 3 atom stereocenters. The lowest BCUT2D eigenvalue weighted by atomic mass is 10.0. The molecule has 1 amide bonds. The Hall–Kier alpha value is -1.17. The maximum absolute atomic E-state index is 12.4. The third-order valence-electron chi connectivity index (χ3n) is 9.54. The lowest BCUT2D eigenvalue weighted by Crippen LogP contribution is -2.48. The summed E-state index contributed by atoms with van der Waals surface area (Å²) in [6, 6.07) is -0.809. The molecule has 0 spiro atoms. The van der Waals surface area contributed by atoms with E-state index in [0.29, 0.717) is 6.42 Å². The van der Waals surface area contributed by atoms with E-state index in [9.17, 15) is 20.1 Å². The number of carbonyl (C=O) groups excluding carboxylic acids is 1. The molecule has 278 valence electrons. The van der Waals surface area contributed by atoms with Gasteiger partial charge in [0.1, 0.15) is 6.10 Å². The summed E-state index contributed by atoms with van der Waals surface area (Å²) in [5.41, 5.74) is 0. The first-order valence-corrected chi connectivity index (χ1v) is 20.7. The van der Waals surface area contributed by atoms with Gasteiger partial charge in [0.15, 0.2) is 0 Å². The highest BCUT2D eigenvalue weighted by molar-refractivity contribution is 5.80. The summed E-state index contributed by atoms with van der Waals surface area (Å²) in [6.07, 6.45) is 44.9. The Bertz CT molecular complexity index is 694. The first kappa shape index (κ1) is 45.8. The molecule has 0 saturated heterocycles. The maximum Gasteiger partial charge on any atom is 0.249 e.